The van der Waals surface area contributed by atoms with Gasteiger partial charge in [0.25, 0.3) is 5.91 Å². The van der Waals surface area contributed by atoms with E-state index in [9.17, 15) is 14.7 Å². The number of anilines is 1. The van der Waals surface area contributed by atoms with E-state index in [2.05, 4.69) is 13.0 Å². The first-order valence-electron chi connectivity index (χ1n) is 11.2. The Labute approximate surface area is 189 Å². The van der Waals surface area contributed by atoms with Gasteiger partial charge in [0.05, 0.1) is 18.7 Å². The summed E-state index contributed by atoms with van der Waals surface area (Å²) < 4.78 is 0. The highest BCUT2D eigenvalue weighted by Crippen LogP contribution is 2.43. The van der Waals surface area contributed by atoms with Crippen molar-refractivity contribution in [2.24, 2.45) is 0 Å². The molecule has 32 heavy (non-hydrogen) atoms. The largest absolute Gasteiger partial charge is 0.375 e. The summed E-state index contributed by atoms with van der Waals surface area (Å²) in [4.78, 5) is 28.2. The summed E-state index contributed by atoms with van der Waals surface area (Å²) >= 11 is 0. The molecule has 164 valence electrons. The predicted octanol–water partition coefficient (Wildman–Crippen LogP) is 5.26. The number of carbonyl (C=O) groups is 2. The van der Waals surface area contributed by atoms with E-state index < -0.39 is 11.5 Å². The SMILES string of the molecule is CCCc1ccc(C(=O)CC2(O)C(=O)N(Cc3ccc(C)cc3C)c3ccccc32)cc1. The lowest BCUT2D eigenvalue weighted by molar-refractivity contribution is -0.136. The van der Waals surface area contributed by atoms with Gasteiger partial charge in [-0.1, -0.05) is 79.6 Å². The van der Waals surface area contributed by atoms with E-state index in [1.165, 1.54) is 5.56 Å². The zero-order valence-corrected chi connectivity index (χ0v) is 18.9. The van der Waals surface area contributed by atoms with Crippen LogP contribution in [0, 0.1) is 13.8 Å². The normalized spacial score (nSPS) is 17.5. The van der Waals surface area contributed by atoms with Crippen LogP contribution >= 0.6 is 0 Å². The molecule has 0 fully saturated rings. The monoisotopic (exact) mass is 427 g/mol. The molecule has 3 aromatic rings. The van der Waals surface area contributed by atoms with Gasteiger partial charge in [0.2, 0.25) is 0 Å². The molecule has 1 aliphatic rings. The van der Waals surface area contributed by atoms with Crippen LogP contribution in [0.2, 0.25) is 0 Å². The van der Waals surface area contributed by atoms with E-state index in [0.29, 0.717) is 23.4 Å². The van der Waals surface area contributed by atoms with E-state index in [-0.39, 0.29) is 12.2 Å². The van der Waals surface area contributed by atoms with E-state index in [0.717, 1.165) is 29.5 Å². The fourth-order valence-corrected chi connectivity index (χ4v) is 4.51. The van der Waals surface area contributed by atoms with Gasteiger partial charge in [-0.05, 0) is 43.0 Å². The Hall–Kier alpha value is -3.24. The number of aryl methyl sites for hydroxylation is 3. The molecular weight excluding hydrogens is 398 g/mol. The second-order valence-corrected chi connectivity index (χ2v) is 8.75. The van der Waals surface area contributed by atoms with Crippen LogP contribution < -0.4 is 4.90 Å². The maximum Gasteiger partial charge on any atom is 0.264 e. The van der Waals surface area contributed by atoms with Crippen LogP contribution in [0.5, 0.6) is 0 Å². The van der Waals surface area contributed by atoms with Crippen LogP contribution in [0.15, 0.2) is 66.7 Å². The lowest BCUT2D eigenvalue weighted by Crippen LogP contribution is -2.41. The Balaban J connectivity index is 1.63. The zero-order chi connectivity index (χ0) is 22.9. The number of fused-ring (bicyclic) bond motifs is 1. The molecule has 1 aliphatic heterocycles. The lowest BCUT2D eigenvalue weighted by atomic mass is 9.88. The number of hydrogen-bond acceptors (Lipinski definition) is 3. The molecule has 0 saturated heterocycles. The molecule has 1 unspecified atom stereocenters. The molecule has 0 spiro atoms. The Morgan fingerprint density at radius 2 is 1.72 bits per heavy atom. The smallest absolute Gasteiger partial charge is 0.264 e. The van der Waals surface area contributed by atoms with Gasteiger partial charge in [-0.2, -0.15) is 0 Å². The van der Waals surface area contributed by atoms with Gasteiger partial charge < -0.3 is 10.0 Å². The molecule has 0 aliphatic carbocycles. The summed E-state index contributed by atoms with van der Waals surface area (Å²) in [5, 5.41) is 11.5. The first kappa shape index (κ1) is 22.0. The number of amides is 1. The molecular formula is C28H29NO3. The standard InChI is InChI=1S/C28H29NO3/c1-4-7-21-11-14-22(15-12-21)26(30)17-28(32)24-8-5-6-9-25(24)29(27(28)31)18-23-13-10-19(2)16-20(23)3/h5-6,8-16,32H,4,7,17-18H2,1-3H3. The van der Waals surface area contributed by atoms with Crippen molar-refractivity contribution < 1.29 is 14.7 Å². The van der Waals surface area contributed by atoms with Crippen LogP contribution in [0.3, 0.4) is 0 Å². The first-order valence-corrected chi connectivity index (χ1v) is 11.2. The number of aliphatic hydroxyl groups is 1. The molecule has 1 atom stereocenters. The van der Waals surface area contributed by atoms with Crippen molar-refractivity contribution in [1.29, 1.82) is 0 Å². The van der Waals surface area contributed by atoms with Crippen LogP contribution in [-0.4, -0.2) is 16.8 Å². The molecule has 4 nitrogen and oxygen atoms in total. The van der Waals surface area contributed by atoms with Gasteiger partial charge >= 0.3 is 0 Å². The van der Waals surface area contributed by atoms with Crippen molar-refractivity contribution >= 4 is 17.4 Å². The van der Waals surface area contributed by atoms with Gasteiger partial charge in [0, 0.05) is 11.1 Å². The van der Waals surface area contributed by atoms with Gasteiger partial charge in [-0.15, -0.1) is 0 Å². The summed E-state index contributed by atoms with van der Waals surface area (Å²) in [6.07, 6.45) is 1.71. The number of ketones is 1. The fraction of sp³-hybridized carbons (Fsp3) is 0.286. The fourth-order valence-electron chi connectivity index (χ4n) is 4.51. The average Bonchev–Trinajstić information content (AvgIpc) is 2.98. The molecule has 4 heteroatoms. The third-order valence-corrected chi connectivity index (χ3v) is 6.30. The van der Waals surface area contributed by atoms with E-state index in [1.54, 1.807) is 29.2 Å². The minimum Gasteiger partial charge on any atom is -0.375 e. The molecule has 1 N–H and O–H groups in total. The molecule has 3 aromatic carbocycles. The van der Waals surface area contributed by atoms with Crippen molar-refractivity contribution in [3.8, 4) is 0 Å². The molecule has 4 rings (SSSR count). The minimum atomic E-state index is -1.87. The Morgan fingerprint density at radius 1 is 1.00 bits per heavy atom. The van der Waals surface area contributed by atoms with Gasteiger partial charge in [0.1, 0.15) is 0 Å². The van der Waals surface area contributed by atoms with E-state index >= 15 is 0 Å². The summed E-state index contributed by atoms with van der Waals surface area (Å²) in [6, 6.07) is 20.8. The predicted molar refractivity (Wildman–Crippen MR) is 127 cm³/mol. The van der Waals surface area contributed by atoms with Crippen LogP contribution in [0.4, 0.5) is 5.69 Å². The molecule has 0 radical (unpaired) electrons. The third kappa shape index (κ3) is 3.98. The number of Topliss-reactive ketones (excluding diaryl/α,β-unsaturated/α-hetero) is 1. The summed E-state index contributed by atoms with van der Waals surface area (Å²) in [7, 11) is 0. The third-order valence-electron chi connectivity index (χ3n) is 6.30. The topological polar surface area (TPSA) is 57.6 Å². The highest BCUT2D eigenvalue weighted by atomic mass is 16.3. The first-order chi connectivity index (χ1) is 15.3. The molecule has 0 saturated carbocycles. The molecule has 0 aromatic heterocycles. The van der Waals surface area contributed by atoms with Crippen molar-refractivity contribution in [3.05, 3.63) is 100 Å². The number of para-hydroxylation sites is 1. The number of carbonyl (C=O) groups excluding carboxylic acids is 2. The summed E-state index contributed by atoms with van der Waals surface area (Å²) in [6.45, 7) is 6.52. The second kappa shape index (κ2) is 8.71. The molecule has 1 amide bonds. The maximum atomic E-state index is 13.5. The number of hydrogen-bond donors (Lipinski definition) is 1. The van der Waals surface area contributed by atoms with E-state index in [1.807, 2.05) is 50.2 Å². The summed E-state index contributed by atoms with van der Waals surface area (Å²) in [5.74, 6) is -0.693. The second-order valence-electron chi connectivity index (χ2n) is 8.75. The highest BCUT2D eigenvalue weighted by molar-refractivity contribution is 6.10. The maximum absolute atomic E-state index is 13.5. The van der Waals surface area contributed by atoms with Gasteiger partial charge in [0.15, 0.2) is 11.4 Å². The van der Waals surface area contributed by atoms with Crippen molar-refractivity contribution in [1.82, 2.24) is 0 Å². The number of rotatable bonds is 7. The molecule has 0 bridgehead atoms. The minimum absolute atomic E-state index is 0.243. The number of benzene rings is 3. The van der Waals surface area contributed by atoms with Crippen LogP contribution in [0.25, 0.3) is 0 Å². The molecule has 1 heterocycles. The Morgan fingerprint density at radius 3 is 2.41 bits per heavy atom. The van der Waals surface area contributed by atoms with Gasteiger partial charge in [-0.3, -0.25) is 9.59 Å². The van der Waals surface area contributed by atoms with Crippen molar-refractivity contribution in [3.63, 3.8) is 0 Å². The van der Waals surface area contributed by atoms with Crippen LogP contribution in [0.1, 0.15) is 57.9 Å². The Kier molecular flexibility index (Phi) is 5.98. The van der Waals surface area contributed by atoms with E-state index in [4.69, 9.17) is 0 Å². The Bertz CT molecular complexity index is 1170. The van der Waals surface area contributed by atoms with Gasteiger partial charge in [-0.25, -0.2) is 0 Å². The zero-order valence-electron chi connectivity index (χ0n) is 18.9. The average molecular weight is 428 g/mol. The highest BCUT2D eigenvalue weighted by Gasteiger charge is 2.50. The van der Waals surface area contributed by atoms with Crippen molar-refractivity contribution in [2.45, 2.75) is 52.2 Å². The summed E-state index contributed by atoms with van der Waals surface area (Å²) in [5.41, 5.74) is 4.23. The van der Waals surface area contributed by atoms with Crippen LogP contribution in [-0.2, 0) is 23.4 Å². The quantitative estimate of drug-likeness (QED) is 0.523. The van der Waals surface area contributed by atoms with Crippen molar-refractivity contribution in [2.75, 3.05) is 4.90 Å². The lowest BCUT2D eigenvalue weighted by Gasteiger charge is -2.23. The number of nitrogens with zero attached hydrogens (tertiary/aromatic N) is 1.